The van der Waals surface area contributed by atoms with E-state index >= 15 is 0 Å². The number of imide groups is 1. The highest BCUT2D eigenvalue weighted by Gasteiger charge is 2.52. The minimum Gasteiger partial charge on any atom is -0.451 e. The highest BCUT2D eigenvalue weighted by Crippen LogP contribution is 2.39. The molecule has 1 aliphatic heterocycles. The molecule has 8 nitrogen and oxygen atoms in total. The SMILES string of the molecule is O=C(COC(=O)c1cc2c(s1)-c1ccccc1CC2)NN1C(=O)NC2(CCCCC2)C1=O. The van der Waals surface area contributed by atoms with Gasteiger partial charge in [-0.15, -0.1) is 11.3 Å². The topological polar surface area (TPSA) is 105 Å². The van der Waals surface area contributed by atoms with Crippen molar-refractivity contribution in [1.82, 2.24) is 15.8 Å². The Kier molecular flexibility index (Phi) is 5.21. The Bertz CT molecular complexity index is 1120. The predicted molar refractivity (Wildman–Crippen MR) is 117 cm³/mol. The van der Waals surface area contributed by atoms with E-state index < -0.39 is 36.0 Å². The van der Waals surface area contributed by atoms with Crippen LogP contribution in [0.15, 0.2) is 30.3 Å². The number of thiophene rings is 1. The number of amides is 4. The molecule has 4 amide bonds. The quantitative estimate of drug-likeness (QED) is 0.547. The molecule has 1 saturated carbocycles. The lowest BCUT2D eigenvalue weighted by molar-refractivity contribution is -0.140. The maximum absolute atomic E-state index is 12.7. The van der Waals surface area contributed by atoms with Gasteiger partial charge in [0.05, 0.1) is 0 Å². The van der Waals surface area contributed by atoms with Gasteiger partial charge in [-0.25, -0.2) is 9.59 Å². The summed E-state index contributed by atoms with van der Waals surface area (Å²) in [4.78, 5) is 51.3. The minimum absolute atomic E-state index is 0.427. The number of benzene rings is 1. The minimum atomic E-state index is -0.925. The molecule has 2 N–H and O–H groups in total. The smallest absolute Gasteiger partial charge is 0.348 e. The van der Waals surface area contributed by atoms with Crippen molar-refractivity contribution < 1.29 is 23.9 Å². The van der Waals surface area contributed by atoms with Crippen LogP contribution in [-0.2, 0) is 27.2 Å². The van der Waals surface area contributed by atoms with Crippen molar-refractivity contribution >= 4 is 35.2 Å². The summed E-state index contributed by atoms with van der Waals surface area (Å²) < 4.78 is 5.16. The average Bonchev–Trinajstić information content (AvgIpc) is 3.34. The standard InChI is InChI=1S/C23H23N3O5S/c27-18(25-26-21(29)23(24-22(26)30)10-4-1-5-11-23)13-31-20(28)17-12-15-9-8-14-6-2-3-7-16(14)19(15)32-17/h2-3,6-7,12H,1,4-5,8-11,13H2,(H,24,30)(H,25,27). The van der Waals surface area contributed by atoms with Gasteiger partial charge in [0, 0.05) is 4.88 Å². The number of nitrogens with zero attached hydrogens (tertiary/aromatic N) is 1. The van der Waals surface area contributed by atoms with Gasteiger partial charge in [0.2, 0.25) is 0 Å². The monoisotopic (exact) mass is 453 g/mol. The molecule has 9 heteroatoms. The second kappa shape index (κ2) is 8.05. The van der Waals surface area contributed by atoms with Crippen LogP contribution in [0.3, 0.4) is 0 Å². The number of urea groups is 1. The zero-order valence-electron chi connectivity index (χ0n) is 17.4. The maximum atomic E-state index is 12.7. The number of hydrogen-bond donors (Lipinski definition) is 2. The Morgan fingerprint density at radius 3 is 2.66 bits per heavy atom. The Hall–Kier alpha value is -3.20. The fourth-order valence-electron chi connectivity index (χ4n) is 4.75. The van der Waals surface area contributed by atoms with Crippen molar-refractivity contribution in [3.63, 3.8) is 0 Å². The molecule has 5 rings (SSSR count). The van der Waals surface area contributed by atoms with Crippen LogP contribution in [0, 0.1) is 0 Å². The molecule has 2 aromatic rings. The Morgan fingerprint density at radius 2 is 1.84 bits per heavy atom. The Balaban J connectivity index is 1.20. The van der Waals surface area contributed by atoms with Crippen LogP contribution in [0.4, 0.5) is 4.79 Å². The third kappa shape index (κ3) is 3.56. The van der Waals surface area contributed by atoms with Crippen molar-refractivity contribution in [2.45, 2.75) is 50.5 Å². The third-order valence-electron chi connectivity index (χ3n) is 6.38. The Morgan fingerprint density at radius 1 is 1.09 bits per heavy atom. The van der Waals surface area contributed by atoms with E-state index in [2.05, 4.69) is 16.8 Å². The average molecular weight is 454 g/mol. The summed E-state index contributed by atoms with van der Waals surface area (Å²) in [6.07, 6.45) is 5.61. The van der Waals surface area contributed by atoms with Crippen LogP contribution in [0.2, 0.25) is 0 Å². The highest BCUT2D eigenvalue weighted by molar-refractivity contribution is 7.17. The summed E-state index contributed by atoms with van der Waals surface area (Å²) in [5, 5.41) is 3.43. The van der Waals surface area contributed by atoms with Crippen molar-refractivity contribution in [3.05, 3.63) is 46.3 Å². The number of carbonyl (C=O) groups is 4. The number of hydrazine groups is 1. The zero-order valence-corrected chi connectivity index (χ0v) is 18.3. The molecule has 0 unspecified atom stereocenters. The van der Waals surface area contributed by atoms with Crippen molar-refractivity contribution in [1.29, 1.82) is 0 Å². The molecule has 1 saturated heterocycles. The molecule has 1 aromatic carbocycles. The number of fused-ring (bicyclic) bond motifs is 3. The normalized spacial score (nSPS) is 18.7. The molecular weight excluding hydrogens is 430 g/mol. The first-order chi connectivity index (χ1) is 15.5. The molecule has 0 bridgehead atoms. The van der Waals surface area contributed by atoms with E-state index in [0.717, 1.165) is 48.1 Å². The number of rotatable bonds is 4. The third-order valence-corrected chi connectivity index (χ3v) is 7.57. The summed E-state index contributed by atoms with van der Waals surface area (Å²) in [7, 11) is 0. The van der Waals surface area contributed by atoms with Crippen LogP contribution in [0.1, 0.15) is 52.9 Å². The molecular formula is C23H23N3O5S. The van der Waals surface area contributed by atoms with Crippen molar-refractivity contribution in [3.8, 4) is 10.4 Å². The molecule has 1 spiro atoms. The predicted octanol–water partition coefficient (Wildman–Crippen LogP) is 2.96. The van der Waals surface area contributed by atoms with Gasteiger partial charge in [-0.3, -0.25) is 15.0 Å². The first-order valence-corrected chi connectivity index (χ1v) is 11.6. The lowest BCUT2D eigenvalue weighted by Gasteiger charge is -2.30. The number of esters is 1. The van der Waals surface area contributed by atoms with Gasteiger partial charge in [-0.05, 0) is 48.4 Å². The Labute approximate surface area is 188 Å². The molecule has 2 aliphatic carbocycles. The van der Waals surface area contributed by atoms with E-state index in [4.69, 9.17) is 4.74 Å². The summed E-state index contributed by atoms with van der Waals surface area (Å²) in [6.45, 7) is -0.581. The number of carbonyl (C=O) groups excluding carboxylic acids is 4. The molecule has 3 aliphatic rings. The maximum Gasteiger partial charge on any atom is 0.348 e. The van der Waals surface area contributed by atoms with Gasteiger partial charge in [-0.1, -0.05) is 43.5 Å². The highest BCUT2D eigenvalue weighted by atomic mass is 32.1. The number of ether oxygens (including phenoxy) is 1. The van der Waals surface area contributed by atoms with Crippen LogP contribution < -0.4 is 10.7 Å². The number of hydrogen-bond acceptors (Lipinski definition) is 6. The van der Waals surface area contributed by atoms with Gasteiger partial charge in [0.1, 0.15) is 10.4 Å². The summed E-state index contributed by atoms with van der Waals surface area (Å²) >= 11 is 1.35. The molecule has 1 aromatic heterocycles. The van der Waals surface area contributed by atoms with Gasteiger partial charge in [-0.2, -0.15) is 5.01 Å². The van der Waals surface area contributed by atoms with Gasteiger partial charge < -0.3 is 10.1 Å². The molecule has 2 heterocycles. The second-order valence-electron chi connectivity index (χ2n) is 8.45. The molecule has 32 heavy (non-hydrogen) atoms. The van der Waals surface area contributed by atoms with Crippen molar-refractivity contribution in [2.75, 3.05) is 6.61 Å². The van der Waals surface area contributed by atoms with Crippen LogP contribution in [0.25, 0.3) is 10.4 Å². The van der Waals surface area contributed by atoms with E-state index in [1.807, 2.05) is 24.3 Å². The van der Waals surface area contributed by atoms with Crippen LogP contribution in [-0.4, -0.2) is 41.0 Å². The lowest BCUT2D eigenvalue weighted by atomic mass is 9.82. The van der Waals surface area contributed by atoms with Crippen molar-refractivity contribution in [2.24, 2.45) is 0 Å². The van der Waals surface area contributed by atoms with E-state index in [1.54, 1.807) is 0 Å². The summed E-state index contributed by atoms with van der Waals surface area (Å²) in [6, 6.07) is 9.29. The fourth-order valence-corrected chi connectivity index (χ4v) is 5.91. The fraction of sp³-hybridized carbons (Fsp3) is 0.391. The molecule has 0 radical (unpaired) electrons. The van der Waals surface area contributed by atoms with E-state index in [0.29, 0.717) is 22.7 Å². The number of nitrogens with one attached hydrogen (secondary N) is 2. The van der Waals surface area contributed by atoms with Gasteiger partial charge >= 0.3 is 12.0 Å². The largest absolute Gasteiger partial charge is 0.451 e. The molecule has 2 fully saturated rings. The van der Waals surface area contributed by atoms with Gasteiger partial charge in [0.15, 0.2) is 6.61 Å². The van der Waals surface area contributed by atoms with E-state index in [-0.39, 0.29) is 0 Å². The van der Waals surface area contributed by atoms with E-state index in [1.165, 1.54) is 16.9 Å². The summed E-state index contributed by atoms with van der Waals surface area (Å²) in [5.41, 5.74) is 4.84. The first-order valence-electron chi connectivity index (χ1n) is 10.8. The van der Waals surface area contributed by atoms with E-state index in [9.17, 15) is 19.2 Å². The second-order valence-corrected chi connectivity index (χ2v) is 9.50. The molecule has 0 atom stereocenters. The first kappa shape index (κ1) is 20.7. The number of aryl methyl sites for hydroxylation is 2. The lowest BCUT2D eigenvalue weighted by Crippen LogP contribution is -2.51. The zero-order chi connectivity index (χ0) is 22.3. The van der Waals surface area contributed by atoms with Crippen LogP contribution in [0.5, 0.6) is 0 Å². The molecule has 166 valence electrons. The summed E-state index contributed by atoms with van der Waals surface area (Å²) in [5.74, 6) is -1.79. The van der Waals surface area contributed by atoms with Gasteiger partial charge in [0.25, 0.3) is 11.8 Å². The van der Waals surface area contributed by atoms with Crippen LogP contribution >= 0.6 is 11.3 Å².